The number of nitrogens with one attached hydrogen (secondary N) is 1. The predicted molar refractivity (Wildman–Crippen MR) is 84.2 cm³/mol. The predicted octanol–water partition coefficient (Wildman–Crippen LogP) is 2.60. The molecule has 0 radical (unpaired) electrons. The van der Waals surface area contributed by atoms with E-state index in [-0.39, 0.29) is 11.7 Å². The first kappa shape index (κ1) is 15.1. The van der Waals surface area contributed by atoms with E-state index in [1.54, 1.807) is 25.1 Å². The van der Waals surface area contributed by atoms with E-state index in [9.17, 15) is 9.90 Å². The summed E-state index contributed by atoms with van der Waals surface area (Å²) in [6.07, 6.45) is 1.30. The summed E-state index contributed by atoms with van der Waals surface area (Å²) in [5, 5.41) is 12.6. The van der Waals surface area contributed by atoms with Crippen molar-refractivity contribution in [3.63, 3.8) is 0 Å². The molecule has 0 aliphatic carbocycles. The van der Waals surface area contributed by atoms with Gasteiger partial charge < -0.3 is 16.2 Å². The number of hydrogen-bond donors (Lipinski definition) is 3. The molecule has 4 N–H and O–H groups in total. The van der Waals surface area contributed by atoms with E-state index in [0.717, 1.165) is 12.0 Å². The molecule has 21 heavy (non-hydrogen) atoms. The van der Waals surface area contributed by atoms with E-state index < -0.39 is 6.04 Å². The molecule has 0 saturated heterocycles. The lowest BCUT2D eigenvalue weighted by Gasteiger charge is -2.14. The van der Waals surface area contributed by atoms with E-state index in [2.05, 4.69) is 5.32 Å². The molecule has 2 aromatic carbocycles. The van der Waals surface area contributed by atoms with Gasteiger partial charge in [0.25, 0.3) is 0 Å². The standard InChI is InChI=1S/C17H20N2O2/c1-12-6-5-9-15(16(12)20)19-17(21)14(18)11-10-13-7-3-2-4-8-13/h2-9,14,20H,10-11,18H2,1H3,(H,19,21). The van der Waals surface area contributed by atoms with Crippen molar-refractivity contribution < 1.29 is 9.90 Å². The molecule has 1 atom stereocenters. The molecule has 1 amide bonds. The molecule has 0 aliphatic heterocycles. The summed E-state index contributed by atoms with van der Waals surface area (Å²) >= 11 is 0. The van der Waals surface area contributed by atoms with E-state index >= 15 is 0 Å². The number of anilines is 1. The van der Waals surface area contributed by atoms with E-state index in [4.69, 9.17) is 5.73 Å². The Labute approximate surface area is 124 Å². The fourth-order valence-corrected chi connectivity index (χ4v) is 2.08. The van der Waals surface area contributed by atoms with Crippen molar-refractivity contribution in [1.82, 2.24) is 0 Å². The van der Waals surface area contributed by atoms with Gasteiger partial charge in [-0.3, -0.25) is 4.79 Å². The van der Waals surface area contributed by atoms with E-state index in [1.807, 2.05) is 30.3 Å². The van der Waals surface area contributed by atoms with Crippen LogP contribution in [0.25, 0.3) is 0 Å². The number of hydrogen-bond acceptors (Lipinski definition) is 3. The van der Waals surface area contributed by atoms with Gasteiger partial charge in [-0.1, -0.05) is 42.5 Å². The maximum atomic E-state index is 12.0. The van der Waals surface area contributed by atoms with Crippen LogP contribution in [-0.2, 0) is 11.2 Å². The Hall–Kier alpha value is -2.33. The fourth-order valence-electron chi connectivity index (χ4n) is 2.08. The minimum absolute atomic E-state index is 0.0844. The second-order valence-corrected chi connectivity index (χ2v) is 5.09. The zero-order valence-corrected chi connectivity index (χ0v) is 12.0. The van der Waals surface area contributed by atoms with Gasteiger partial charge in [0, 0.05) is 0 Å². The Morgan fingerprint density at radius 2 is 1.90 bits per heavy atom. The molecule has 2 aromatic rings. The van der Waals surface area contributed by atoms with Crippen molar-refractivity contribution >= 4 is 11.6 Å². The van der Waals surface area contributed by atoms with Crippen LogP contribution in [-0.4, -0.2) is 17.1 Å². The number of rotatable bonds is 5. The average Bonchev–Trinajstić information content (AvgIpc) is 2.50. The highest BCUT2D eigenvalue weighted by Gasteiger charge is 2.15. The summed E-state index contributed by atoms with van der Waals surface area (Å²) in [5.74, 6) is -0.201. The molecule has 4 nitrogen and oxygen atoms in total. The molecule has 0 spiro atoms. The number of aryl methyl sites for hydroxylation is 2. The van der Waals surface area contributed by atoms with E-state index in [1.165, 1.54) is 0 Å². The lowest BCUT2D eigenvalue weighted by atomic mass is 10.1. The van der Waals surface area contributed by atoms with Crippen molar-refractivity contribution in [1.29, 1.82) is 0 Å². The maximum absolute atomic E-state index is 12.0. The van der Waals surface area contributed by atoms with Crippen molar-refractivity contribution in [3.05, 3.63) is 59.7 Å². The minimum atomic E-state index is -0.606. The Bertz CT molecular complexity index is 611. The molecule has 110 valence electrons. The zero-order chi connectivity index (χ0) is 15.2. The van der Waals surface area contributed by atoms with Crippen LogP contribution in [0.4, 0.5) is 5.69 Å². The minimum Gasteiger partial charge on any atom is -0.505 e. The van der Waals surface area contributed by atoms with Crippen LogP contribution < -0.4 is 11.1 Å². The monoisotopic (exact) mass is 284 g/mol. The van der Waals surface area contributed by atoms with Crippen LogP contribution in [0.3, 0.4) is 0 Å². The number of carbonyl (C=O) groups is 1. The summed E-state index contributed by atoms with van der Waals surface area (Å²) in [6.45, 7) is 1.78. The van der Waals surface area contributed by atoms with Gasteiger partial charge in [-0.2, -0.15) is 0 Å². The third-order valence-corrected chi connectivity index (χ3v) is 3.42. The highest BCUT2D eigenvalue weighted by molar-refractivity contribution is 5.96. The molecule has 0 aromatic heterocycles. The number of benzene rings is 2. The first-order chi connectivity index (χ1) is 10.1. The summed E-state index contributed by atoms with van der Waals surface area (Å²) in [7, 11) is 0. The normalized spacial score (nSPS) is 11.9. The van der Waals surface area contributed by atoms with Gasteiger partial charge in [-0.15, -0.1) is 0 Å². The van der Waals surface area contributed by atoms with Gasteiger partial charge in [-0.25, -0.2) is 0 Å². The Balaban J connectivity index is 1.92. The van der Waals surface area contributed by atoms with Crippen LogP contribution in [0.15, 0.2) is 48.5 Å². The van der Waals surface area contributed by atoms with Crippen molar-refractivity contribution in [2.75, 3.05) is 5.32 Å². The SMILES string of the molecule is Cc1cccc(NC(=O)C(N)CCc2ccccc2)c1O. The second kappa shape index (κ2) is 6.90. The average molecular weight is 284 g/mol. The third kappa shape index (κ3) is 4.07. The van der Waals surface area contributed by atoms with Gasteiger partial charge in [-0.05, 0) is 37.0 Å². The number of phenolic OH excluding ortho intramolecular Hbond substituents is 1. The van der Waals surface area contributed by atoms with Gasteiger partial charge in [0.15, 0.2) is 0 Å². The highest BCUT2D eigenvalue weighted by Crippen LogP contribution is 2.26. The van der Waals surface area contributed by atoms with Crippen LogP contribution >= 0.6 is 0 Å². The molecule has 0 bridgehead atoms. The quantitative estimate of drug-likeness (QED) is 0.739. The van der Waals surface area contributed by atoms with Crippen LogP contribution in [0.1, 0.15) is 17.5 Å². The second-order valence-electron chi connectivity index (χ2n) is 5.09. The summed E-state index contributed by atoms with van der Waals surface area (Å²) in [5.41, 5.74) is 8.17. The molecule has 4 heteroatoms. The first-order valence-corrected chi connectivity index (χ1v) is 6.97. The molecular weight excluding hydrogens is 264 g/mol. The number of aromatic hydroxyl groups is 1. The van der Waals surface area contributed by atoms with Gasteiger partial charge in [0.1, 0.15) is 5.75 Å². The van der Waals surface area contributed by atoms with Gasteiger partial charge in [0.2, 0.25) is 5.91 Å². The fraction of sp³-hybridized carbons (Fsp3) is 0.235. The Morgan fingerprint density at radius 1 is 1.19 bits per heavy atom. The molecule has 0 fully saturated rings. The summed E-state index contributed by atoms with van der Waals surface area (Å²) in [4.78, 5) is 12.0. The smallest absolute Gasteiger partial charge is 0.241 e. The lowest BCUT2D eigenvalue weighted by molar-refractivity contribution is -0.117. The van der Waals surface area contributed by atoms with Crippen molar-refractivity contribution in [2.24, 2.45) is 5.73 Å². The topological polar surface area (TPSA) is 75.4 Å². The Morgan fingerprint density at radius 3 is 2.62 bits per heavy atom. The summed E-state index contributed by atoms with van der Waals surface area (Å²) < 4.78 is 0. The lowest BCUT2D eigenvalue weighted by Crippen LogP contribution is -2.36. The largest absolute Gasteiger partial charge is 0.505 e. The van der Waals surface area contributed by atoms with Gasteiger partial charge in [0.05, 0.1) is 11.7 Å². The molecule has 0 aliphatic rings. The number of amides is 1. The molecule has 0 saturated carbocycles. The highest BCUT2D eigenvalue weighted by atomic mass is 16.3. The number of nitrogens with two attached hydrogens (primary N) is 1. The molecule has 1 unspecified atom stereocenters. The summed E-state index contributed by atoms with van der Waals surface area (Å²) in [6, 6.07) is 14.5. The van der Waals surface area contributed by atoms with Crippen molar-refractivity contribution in [2.45, 2.75) is 25.8 Å². The van der Waals surface area contributed by atoms with Crippen LogP contribution in [0.5, 0.6) is 5.75 Å². The van der Waals surface area contributed by atoms with Gasteiger partial charge >= 0.3 is 0 Å². The first-order valence-electron chi connectivity index (χ1n) is 6.97. The Kier molecular flexibility index (Phi) is 4.95. The zero-order valence-electron chi connectivity index (χ0n) is 12.0. The van der Waals surface area contributed by atoms with Crippen LogP contribution in [0, 0.1) is 6.92 Å². The number of para-hydroxylation sites is 1. The molecule has 0 heterocycles. The number of carbonyl (C=O) groups excluding carboxylic acids is 1. The number of phenols is 1. The van der Waals surface area contributed by atoms with Crippen molar-refractivity contribution in [3.8, 4) is 5.75 Å². The maximum Gasteiger partial charge on any atom is 0.241 e. The molecule has 2 rings (SSSR count). The van der Waals surface area contributed by atoms with Crippen LogP contribution in [0.2, 0.25) is 0 Å². The molecular formula is C17H20N2O2. The van der Waals surface area contributed by atoms with E-state index in [0.29, 0.717) is 17.7 Å². The third-order valence-electron chi connectivity index (χ3n) is 3.42.